The van der Waals surface area contributed by atoms with Crippen molar-refractivity contribution in [2.24, 2.45) is 5.92 Å². The first-order valence-corrected chi connectivity index (χ1v) is 5.57. The Bertz CT molecular complexity index is 330. The van der Waals surface area contributed by atoms with Gasteiger partial charge < -0.3 is 5.32 Å². The summed E-state index contributed by atoms with van der Waals surface area (Å²) in [6, 6.07) is 0.273. The predicted molar refractivity (Wildman–Crippen MR) is 62.4 cm³/mol. The first-order valence-electron chi connectivity index (χ1n) is 4.81. The molecule has 0 aliphatic heterocycles. The minimum atomic E-state index is 0.0960. The number of hydrogen-bond acceptors (Lipinski definition) is 4. The van der Waals surface area contributed by atoms with E-state index in [9.17, 15) is 0 Å². The second-order valence-corrected chi connectivity index (χ2v) is 4.59. The van der Waals surface area contributed by atoms with Gasteiger partial charge in [0.15, 0.2) is 11.0 Å². The van der Waals surface area contributed by atoms with Crippen molar-refractivity contribution in [2.75, 3.05) is 5.32 Å². The van der Waals surface area contributed by atoms with Gasteiger partial charge in [0.05, 0.1) is 0 Å². The topological polar surface area (TPSA) is 50.7 Å². The van der Waals surface area contributed by atoms with E-state index >= 15 is 0 Å². The average Bonchev–Trinajstić information content (AvgIpc) is 2.10. The molecule has 1 aromatic heterocycles. The van der Waals surface area contributed by atoms with Crippen LogP contribution >= 0.6 is 23.2 Å². The molecule has 15 heavy (non-hydrogen) atoms. The number of nitrogens with zero attached hydrogens (tertiary/aromatic N) is 3. The zero-order chi connectivity index (χ0) is 11.4. The first kappa shape index (κ1) is 12.5. The summed E-state index contributed by atoms with van der Waals surface area (Å²) in [6.45, 7) is 6.38. The van der Waals surface area contributed by atoms with Crippen molar-refractivity contribution in [1.82, 2.24) is 15.2 Å². The lowest BCUT2D eigenvalue weighted by atomic mass is 10.1. The Morgan fingerprint density at radius 2 is 1.87 bits per heavy atom. The normalized spacial score (nSPS) is 12.9. The fourth-order valence-corrected chi connectivity index (χ4v) is 1.64. The van der Waals surface area contributed by atoms with Crippen LogP contribution in [0.4, 0.5) is 5.82 Å². The summed E-state index contributed by atoms with van der Waals surface area (Å²) in [4.78, 5) is 3.97. The summed E-state index contributed by atoms with van der Waals surface area (Å²) in [5, 5.41) is 10.7. The maximum Gasteiger partial charge on any atom is 0.245 e. The maximum absolute atomic E-state index is 5.82. The van der Waals surface area contributed by atoms with Gasteiger partial charge in [0.1, 0.15) is 0 Å². The Labute approximate surface area is 99.4 Å². The molecule has 0 spiro atoms. The Kier molecular flexibility index (Phi) is 4.54. The average molecular weight is 249 g/mol. The van der Waals surface area contributed by atoms with Crippen molar-refractivity contribution in [3.05, 3.63) is 10.4 Å². The second-order valence-electron chi connectivity index (χ2n) is 3.90. The Hall–Kier alpha value is -0.610. The molecule has 6 heteroatoms. The van der Waals surface area contributed by atoms with E-state index in [0.717, 1.165) is 6.42 Å². The summed E-state index contributed by atoms with van der Waals surface area (Å²) in [6.07, 6.45) is 1.03. The summed E-state index contributed by atoms with van der Waals surface area (Å²) in [7, 11) is 0. The zero-order valence-electron chi connectivity index (χ0n) is 8.96. The van der Waals surface area contributed by atoms with Gasteiger partial charge in [-0.05, 0) is 30.9 Å². The second kappa shape index (κ2) is 5.47. The fourth-order valence-electron chi connectivity index (χ4n) is 1.38. The third kappa shape index (κ3) is 4.18. The van der Waals surface area contributed by atoms with Crippen molar-refractivity contribution in [3.63, 3.8) is 0 Å². The molecule has 0 saturated heterocycles. The molecule has 0 saturated carbocycles. The van der Waals surface area contributed by atoms with E-state index in [0.29, 0.717) is 11.7 Å². The van der Waals surface area contributed by atoms with Crippen LogP contribution in [-0.2, 0) is 0 Å². The van der Waals surface area contributed by atoms with Crippen molar-refractivity contribution >= 4 is 29.0 Å². The molecule has 1 atom stereocenters. The number of anilines is 1. The van der Waals surface area contributed by atoms with Crippen LogP contribution in [0.3, 0.4) is 0 Å². The number of rotatable bonds is 4. The first-order chi connectivity index (χ1) is 6.99. The molecule has 0 radical (unpaired) electrons. The van der Waals surface area contributed by atoms with Crippen molar-refractivity contribution in [3.8, 4) is 0 Å². The molecule has 0 fully saturated rings. The summed E-state index contributed by atoms with van der Waals surface area (Å²) in [5.41, 5.74) is 0. The van der Waals surface area contributed by atoms with E-state index in [1.54, 1.807) is 0 Å². The van der Waals surface area contributed by atoms with Crippen LogP contribution in [0.25, 0.3) is 0 Å². The molecule has 0 aromatic carbocycles. The third-order valence-electron chi connectivity index (χ3n) is 1.83. The molecule has 1 N–H and O–H groups in total. The minimum absolute atomic E-state index is 0.0960. The molecular formula is C9H14Cl2N4. The summed E-state index contributed by atoms with van der Waals surface area (Å²) >= 11 is 11.4. The van der Waals surface area contributed by atoms with E-state index in [4.69, 9.17) is 23.2 Å². The lowest BCUT2D eigenvalue weighted by Gasteiger charge is -2.16. The SMILES string of the molecule is CC(C)CC(C)Nc1nc(Cl)nnc1Cl. The standard InChI is InChI=1S/C9H14Cl2N4/c1-5(2)4-6(3)12-8-7(10)14-15-9(11)13-8/h5-6H,4H2,1-3H3,(H,12,13,15). The molecule has 1 heterocycles. The van der Waals surface area contributed by atoms with Crippen LogP contribution in [0.15, 0.2) is 0 Å². The third-order valence-corrected chi connectivity index (χ3v) is 2.24. The molecule has 84 valence electrons. The van der Waals surface area contributed by atoms with E-state index in [2.05, 4.69) is 41.3 Å². The van der Waals surface area contributed by atoms with Gasteiger partial charge in [0.25, 0.3) is 0 Å². The quantitative estimate of drug-likeness (QED) is 0.891. The van der Waals surface area contributed by atoms with Gasteiger partial charge in [-0.3, -0.25) is 0 Å². The highest BCUT2D eigenvalue weighted by Crippen LogP contribution is 2.19. The smallest absolute Gasteiger partial charge is 0.245 e. The van der Waals surface area contributed by atoms with E-state index in [1.807, 2.05) is 0 Å². The van der Waals surface area contributed by atoms with Crippen LogP contribution in [0.5, 0.6) is 0 Å². The van der Waals surface area contributed by atoms with Crippen LogP contribution < -0.4 is 5.32 Å². The minimum Gasteiger partial charge on any atom is -0.365 e. The van der Waals surface area contributed by atoms with Gasteiger partial charge in [-0.25, -0.2) is 0 Å². The fraction of sp³-hybridized carbons (Fsp3) is 0.667. The predicted octanol–water partition coefficient (Wildman–Crippen LogP) is 3.02. The molecule has 0 aliphatic rings. The van der Waals surface area contributed by atoms with Gasteiger partial charge in [-0.15, -0.1) is 10.2 Å². The molecule has 0 aliphatic carbocycles. The molecular weight excluding hydrogens is 235 g/mol. The number of nitrogens with one attached hydrogen (secondary N) is 1. The molecule has 1 unspecified atom stereocenters. The molecule has 0 amide bonds. The molecule has 4 nitrogen and oxygen atoms in total. The van der Waals surface area contributed by atoms with Crippen molar-refractivity contribution < 1.29 is 0 Å². The van der Waals surface area contributed by atoms with Crippen molar-refractivity contribution in [1.29, 1.82) is 0 Å². The van der Waals surface area contributed by atoms with Gasteiger partial charge in [-0.2, -0.15) is 4.98 Å². The largest absolute Gasteiger partial charge is 0.365 e. The molecule has 0 bridgehead atoms. The van der Waals surface area contributed by atoms with Crippen molar-refractivity contribution in [2.45, 2.75) is 33.2 Å². The zero-order valence-corrected chi connectivity index (χ0v) is 10.5. The highest BCUT2D eigenvalue weighted by Gasteiger charge is 2.10. The number of aromatic nitrogens is 3. The van der Waals surface area contributed by atoms with Gasteiger partial charge in [0, 0.05) is 6.04 Å². The Morgan fingerprint density at radius 1 is 1.20 bits per heavy atom. The highest BCUT2D eigenvalue weighted by molar-refractivity contribution is 6.32. The number of hydrogen-bond donors (Lipinski definition) is 1. The summed E-state index contributed by atoms with van der Waals surface area (Å²) < 4.78 is 0. The molecule has 1 rings (SSSR count). The Balaban J connectivity index is 2.67. The van der Waals surface area contributed by atoms with E-state index < -0.39 is 0 Å². The van der Waals surface area contributed by atoms with Gasteiger partial charge in [-0.1, -0.05) is 25.4 Å². The number of halogens is 2. The lowest BCUT2D eigenvalue weighted by Crippen LogP contribution is -2.19. The Morgan fingerprint density at radius 3 is 2.47 bits per heavy atom. The highest BCUT2D eigenvalue weighted by atomic mass is 35.5. The van der Waals surface area contributed by atoms with E-state index in [1.165, 1.54) is 0 Å². The lowest BCUT2D eigenvalue weighted by molar-refractivity contribution is 0.538. The van der Waals surface area contributed by atoms with Crippen LogP contribution in [0.1, 0.15) is 27.2 Å². The van der Waals surface area contributed by atoms with Gasteiger partial charge >= 0.3 is 0 Å². The van der Waals surface area contributed by atoms with Crippen LogP contribution in [0.2, 0.25) is 10.4 Å². The van der Waals surface area contributed by atoms with Crippen LogP contribution in [-0.4, -0.2) is 21.2 Å². The monoisotopic (exact) mass is 248 g/mol. The maximum atomic E-state index is 5.82. The van der Waals surface area contributed by atoms with E-state index in [-0.39, 0.29) is 16.5 Å². The van der Waals surface area contributed by atoms with Gasteiger partial charge in [0.2, 0.25) is 5.28 Å². The van der Waals surface area contributed by atoms with Crippen LogP contribution in [0, 0.1) is 5.92 Å². The summed E-state index contributed by atoms with van der Waals surface area (Å²) in [5.74, 6) is 1.10. The molecule has 1 aromatic rings.